The number of hydrogen-bond donors (Lipinski definition) is 0. The maximum absolute atomic E-state index is 11.0. The van der Waals surface area contributed by atoms with E-state index in [1.807, 2.05) is 0 Å². The van der Waals surface area contributed by atoms with Crippen molar-refractivity contribution in [2.24, 2.45) is 17.8 Å². The van der Waals surface area contributed by atoms with Crippen molar-refractivity contribution in [3.8, 4) is 0 Å². The van der Waals surface area contributed by atoms with Crippen molar-refractivity contribution in [3.05, 3.63) is 24.3 Å². The van der Waals surface area contributed by atoms with Crippen molar-refractivity contribution in [2.45, 2.75) is 39.2 Å². The first-order chi connectivity index (χ1) is 7.65. The second-order valence-corrected chi connectivity index (χ2v) is 4.97. The molecule has 0 N–H and O–H groups in total. The lowest BCUT2D eigenvalue weighted by Crippen LogP contribution is -2.28. The first-order valence-corrected chi connectivity index (χ1v) is 6.10. The van der Waals surface area contributed by atoms with Gasteiger partial charge in [-0.2, -0.15) is 0 Å². The molecule has 2 nitrogen and oxygen atoms in total. The smallest absolute Gasteiger partial charge is 0.303 e. The number of allylic oxidation sites excluding steroid dienone is 2. The molecular formula is C14H20O2. The second kappa shape index (κ2) is 4.44. The lowest BCUT2D eigenvalue weighted by Gasteiger charge is -2.28. The van der Waals surface area contributed by atoms with Crippen molar-refractivity contribution in [1.82, 2.24) is 0 Å². The summed E-state index contributed by atoms with van der Waals surface area (Å²) in [5.74, 6) is 1.73. The molecule has 0 amide bonds. The summed E-state index contributed by atoms with van der Waals surface area (Å²) >= 11 is 0. The molecule has 2 fully saturated rings. The minimum atomic E-state index is -0.195. The van der Waals surface area contributed by atoms with Crippen LogP contribution in [0.1, 0.15) is 33.1 Å². The summed E-state index contributed by atoms with van der Waals surface area (Å²) in [7, 11) is 0. The molecule has 0 aromatic carbocycles. The van der Waals surface area contributed by atoms with Gasteiger partial charge in [-0.15, -0.1) is 0 Å². The minimum Gasteiger partial charge on any atom is -0.458 e. The van der Waals surface area contributed by atoms with Crippen LogP contribution in [0.5, 0.6) is 0 Å². The van der Waals surface area contributed by atoms with Gasteiger partial charge in [-0.05, 0) is 38.0 Å². The average molecular weight is 220 g/mol. The van der Waals surface area contributed by atoms with Gasteiger partial charge in [-0.25, -0.2) is 0 Å². The summed E-state index contributed by atoms with van der Waals surface area (Å²) < 4.78 is 5.33. The minimum absolute atomic E-state index is 0.0779. The topological polar surface area (TPSA) is 26.3 Å². The zero-order valence-corrected chi connectivity index (χ0v) is 10.1. The summed E-state index contributed by atoms with van der Waals surface area (Å²) in [6.07, 6.45) is 7.60. The van der Waals surface area contributed by atoms with Gasteiger partial charge in [-0.1, -0.05) is 24.3 Å². The molecule has 2 heteroatoms. The van der Waals surface area contributed by atoms with Gasteiger partial charge < -0.3 is 4.74 Å². The van der Waals surface area contributed by atoms with E-state index in [1.165, 1.54) is 19.8 Å². The van der Waals surface area contributed by atoms with Crippen LogP contribution >= 0.6 is 0 Å². The number of rotatable bonds is 3. The lowest BCUT2D eigenvalue weighted by atomic mass is 9.82. The van der Waals surface area contributed by atoms with Crippen LogP contribution in [0.15, 0.2) is 24.3 Å². The Labute approximate surface area is 97.4 Å². The maximum atomic E-state index is 11.0. The summed E-state index contributed by atoms with van der Waals surface area (Å²) in [5.41, 5.74) is 1.60. The van der Waals surface area contributed by atoms with E-state index in [0.29, 0.717) is 11.8 Å². The van der Waals surface area contributed by atoms with Gasteiger partial charge in [0.2, 0.25) is 0 Å². The van der Waals surface area contributed by atoms with Gasteiger partial charge in [0.15, 0.2) is 0 Å². The van der Waals surface area contributed by atoms with Crippen LogP contribution in [-0.4, -0.2) is 12.1 Å². The highest BCUT2D eigenvalue weighted by atomic mass is 16.5. The Morgan fingerprint density at radius 2 is 2.31 bits per heavy atom. The molecule has 16 heavy (non-hydrogen) atoms. The lowest BCUT2D eigenvalue weighted by molar-refractivity contribution is -0.147. The Bertz CT molecular complexity index is 330. The molecule has 2 saturated carbocycles. The maximum Gasteiger partial charge on any atom is 0.303 e. The monoisotopic (exact) mass is 220 g/mol. The standard InChI is InChI=1S/C14H20O2/c1-4-10-6-12-7-11(10)8-13(12)14(5-2)16-9(3)15/h4-5,11-14H,2,6-8H2,1,3H3/b10-4+. The highest BCUT2D eigenvalue weighted by Crippen LogP contribution is 2.53. The Hall–Kier alpha value is -1.05. The summed E-state index contributed by atoms with van der Waals surface area (Å²) in [5, 5.41) is 0. The van der Waals surface area contributed by atoms with E-state index in [2.05, 4.69) is 19.6 Å². The fourth-order valence-corrected chi connectivity index (χ4v) is 3.42. The number of carbonyl (C=O) groups is 1. The molecule has 2 rings (SSSR count). The van der Waals surface area contributed by atoms with Crippen molar-refractivity contribution >= 4 is 5.97 Å². The Morgan fingerprint density at radius 1 is 1.56 bits per heavy atom. The molecule has 0 aromatic rings. The van der Waals surface area contributed by atoms with Crippen molar-refractivity contribution in [2.75, 3.05) is 0 Å². The molecule has 0 radical (unpaired) electrons. The molecule has 0 saturated heterocycles. The zero-order chi connectivity index (χ0) is 11.7. The van der Waals surface area contributed by atoms with E-state index in [0.717, 1.165) is 12.3 Å². The molecule has 4 unspecified atom stereocenters. The van der Waals surface area contributed by atoms with E-state index >= 15 is 0 Å². The molecule has 2 aliphatic rings. The molecule has 2 bridgehead atoms. The van der Waals surface area contributed by atoms with Crippen molar-refractivity contribution in [1.29, 1.82) is 0 Å². The van der Waals surface area contributed by atoms with Crippen LogP contribution in [0.2, 0.25) is 0 Å². The first kappa shape index (κ1) is 11.4. The molecule has 0 heterocycles. The summed E-state index contributed by atoms with van der Waals surface area (Å²) in [4.78, 5) is 11.0. The highest BCUT2D eigenvalue weighted by Gasteiger charge is 2.45. The molecular weight excluding hydrogens is 200 g/mol. The Balaban J connectivity index is 2.03. The van der Waals surface area contributed by atoms with E-state index < -0.39 is 0 Å². The summed E-state index contributed by atoms with van der Waals surface area (Å²) in [6, 6.07) is 0. The largest absolute Gasteiger partial charge is 0.458 e. The van der Waals surface area contributed by atoms with Crippen LogP contribution in [0.3, 0.4) is 0 Å². The number of fused-ring (bicyclic) bond motifs is 2. The summed E-state index contributed by atoms with van der Waals surface area (Å²) in [6.45, 7) is 7.39. The van der Waals surface area contributed by atoms with Crippen molar-refractivity contribution < 1.29 is 9.53 Å². The van der Waals surface area contributed by atoms with Gasteiger partial charge in [0.1, 0.15) is 6.10 Å². The van der Waals surface area contributed by atoms with E-state index in [1.54, 1.807) is 11.6 Å². The quantitative estimate of drug-likeness (QED) is 0.539. The van der Waals surface area contributed by atoms with Gasteiger partial charge in [-0.3, -0.25) is 4.79 Å². The van der Waals surface area contributed by atoms with E-state index in [4.69, 9.17) is 4.74 Å². The normalized spacial score (nSPS) is 36.4. The van der Waals surface area contributed by atoms with E-state index in [-0.39, 0.29) is 12.1 Å². The molecule has 0 aliphatic heterocycles. The van der Waals surface area contributed by atoms with Crippen LogP contribution in [0.25, 0.3) is 0 Å². The first-order valence-electron chi connectivity index (χ1n) is 6.10. The number of esters is 1. The Morgan fingerprint density at radius 3 is 2.75 bits per heavy atom. The van der Waals surface area contributed by atoms with Gasteiger partial charge in [0, 0.05) is 12.8 Å². The third-order valence-corrected chi connectivity index (χ3v) is 4.10. The molecule has 0 spiro atoms. The van der Waals surface area contributed by atoms with Crippen molar-refractivity contribution in [3.63, 3.8) is 0 Å². The van der Waals surface area contributed by atoms with Gasteiger partial charge in [0.05, 0.1) is 0 Å². The third-order valence-electron chi connectivity index (χ3n) is 4.10. The van der Waals surface area contributed by atoms with Gasteiger partial charge in [0.25, 0.3) is 0 Å². The third kappa shape index (κ3) is 1.93. The second-order valence-electron chi connectivity index (χ2n) is 4.97. The zero-order valence-electron chi connectivity index (χ0n) is 10.1. The van der Waals surface area contributed by atoms with E-state index in [9.17, 15) is 4.79 Å². The van der Waals surface area contributed by atoms with Crippen LogP contribution in [-0.2, 0) is 9.53 Å². The van der Waals surface area contributed by atoms with Gasteiger partial charge >= 0.3 is 5.97 Å². The molecule has 88 valence electrons. The van der Waals surface area contributed by atoms with Crippen LogP contribution < -0.4 is 0 Å². The molecule has 0 aromatic heterocycles. The number of hydrogen-bond acceptors (Lipinski definition) is 2. The Kier molecular flexibility index (Phi) is 3.17. The number of ether oxygens (including phenoxy) is 1. The predicted molar refractivity (Wildman–Crippen MR) is 63.8 cm³/mol. The predicted octanol–water partition coefficient (Wildman–Crippen LogP) is 3.10. The molecule has 4 atom stereocenters. The fraction of sp³-hybridized carbons (Fsp3) is 0.643. The van der Waals surface area contributed by atoms with Crippen LogP contribution in [0.4, 0.5) is 0 Å². The van der Waals surface area contributed by atoms with Crippen LogP contribution in [0, 0.1) is 17.8 Å². The number of carbonyl (C=O) groups excluding carboxylic acids is 1. The fourth-order valence-electron chi connectivity index (χ4n) is 3.42. The molecule has 2 aliphatic carbocycles. The highest BCUT2D eigenvalue weighted by molar-refractivity contribution is 5.66. The average Bonchev–Trinajstić information content (AvgIpc) is 2.83. The SMILES string of the molecule is C=CC(OC(C)=O)C1CC2CC1C/C2=C\C.